The van der Waals surface area contributed by atoms with Crippen LogP contribution in [0.2, 0.25) is 0 Å². The molecule has 3 heteroatoms. The van der Waals surface area contributed by atoms with E-state index in [9.17, 15) is 0 Å². The first-order valence-corrected chi connectivity index (χ1v) is 8.17. The van der Waals surface area contributed by atoms with Crippen LogP contribution in [0.25, 0.3) is 10.6 Å². The number of hydrogen-bond acceptors (Lipinski definition) is 3. The van der Waals surface area contributed by atoms with Crippen LogP contribution in [0, 0.1) is 20.8 Å². The Labute approximate surface area is 125 Å². The van der Waals surface area contributed by atoms with Crippen molar-refractivity contribution < 1.29 is 0 Å². The normalized spacial score (nSPS) is 18.1. The molecule has 0 saturated heterocycles. The molecular formula is C17H22N2S. The number of nitrogens with zero attached hydrogens (tertiary/aromatic N) is 1. The number of rotatable bonds is 2. The van der Waals surface area contributed by atoms with Gasteiger partial charge in [0, 0.05) is 10.4 Å². The smallest absolute Gasteiger partial charge is 0.124 e. The topological polar surface area (TPSA) is 24.9 Å². The summed E-state index contributed by atoms with van der Waals surface area (Å²) in [7, 11) is 2.04. The van der Waals surface area contributed by atoms with Gasteiger partial charge in [-0.1, -0.05) is 6.07 Å². The molecule has 20 heavy (non-hydrogen) atoms. The van der Waals surface area contributed by atoms with Crippen LogP contribution in [0.15, 0.2) is 12.1 Å². The Balaban J connectivity index is 2.08. The van der Waals surface area contributed by atoms with Crippen molar-refractivity contribution in [3.8, 4) is 10.6 Å². The van der Waals surface area contributed by atoms with Gasteiger partial charge in [-0.2, -0.15) is 0 Å². The van der Waals surface area contributed by atoms with Crippen molar-refractivity contribution in [1.82, 2.24) is 10.3 Å². The highest BCUT2D eigenvalue weighted by Gasteiger charge is 2.24. The monoisotopic (exact) mass is 286 g/mol. The fourth-order valence-corrected chi connectivity index (χ4v) is 4.25. The van der Waals surface area contributed by atoms with Gasteiger partial charge >= 0.3 is 0 Å². The van der Waals surface area contributed by atoms with Crippen molar-refractivity contribution in [1.29, 1.82) is 0 Å². The SMILES string of the molecule is CNC1CCCc2sc(-c3cc(C)c(C)cc3C)nc21. The molecule has 0 radical (unpaired) electrons. The third kappa shape index (κ3) is 2.29. The van der Waals surface area contributed by atoms with Crippen molar-refractivity contribution in [2.75, 3.05) is 7.05 Å². The third-order valence-corrected chi connectivity index (χ3v) is 5.54. The molecule has 1 aliphatic rings. The summed E-state index contributed by atoms with van der Waals surface area (Å²) in [6.07, 6.45) is 3.67. The quantitative estimate of drug-likeness (QED) is 0.888. The van der Waals surface area contributed by atoms with Crippen LogP contribution in [-0.2, 0) is 6.42 Å². The Bertz CT molecular complexity index is 643. The lowest BCUT2D eigenvalue weighted by Crippen LogP contribution is -2.21. The van der Waals surface area contributed by atoms with E-state index in [2.05, 4.69) is 38.2 Å². The Morgan fingerprint density at radius 3 is 2.65 bits per heavy atom. The fraction of sp³-hybridized carbons (Fsp3) is 0.471. The number of thiazole rings is 1. The van der Waals surface area contributed by atoms with Gasteiger partial charge in [0.15, 0.2) is 0 Å². The van der Waals surface area contributed by atoms with E-state index in [0.717, 1.165) is 0 Å². The number of benzene rings is 1. The van der Waals surface area contributed by atoms with E-state index in [-0.39, 0.29) is 0 Å². The van der Waals surface area contributed by atoms with Crippen LogP contribution < -0.4 is 5.32 Å². The van der Waals surface area contributed by atoms with E-state index in [0.29, 0.717) is 6.04 Å². The van der Waals surface area contributed by atoms with E-state index in [1.165, 1.54) is 57.1 Å². The molecule has 3 rings (SSSR count). The molecule has 0 bridgehead atoms. The van der Waals surface area contributed by atoms with Gasteiger partial charge in [0.1, 0.15) is 5.01 Å². The second-order valence-corrected chi connectivity index (χ2v) is 6.90. The van der Waals surface area contributed by atoms with Gasteiger partial charge in [0.2, 0.25) is 0 Å². The molecule has 0 fully saturated rings. The van der Waals surface area contributed by atoms with Crippen LogP contribution in [0.3, 0.4) is 0 Å². The van der Waals surface area contributed by atoms with Crippen molar-refractivity contribution >= 4 is 11.3 Å². The van der Waals surface area contributed by atoms with Gasteiger partial charge in [-0.25, -0.2) is 4.98 Å². The Morgan fingerprint density at radius 1 is 1.15 bits per heavy atom. The first-order chi connectivity index (χ1) is 9.60. The molecule has 1 aliphatic carbocycles. The average Bonchev–Trinajstić information content (AvgIpc) is 2.86. The van der Waals surface area contributed by atoms with Gasteiger partial charge in [-0.05, 0) is 69.8 Å². The van der Waals surface area contributed by atoms with E-state index in [4.69, 9.17) is 4.98 Å². The van der Waals surface area contributed by atoms with Crippen LogP contribution in [0.5, 0.6) is 0 Å². The minimum Gasteiger partial charge on any atom is -0.312 e. The Morgan fingerprint density at radius 2 is 1.90 bits per heavy atom. The molecule has 1 unspecified atom stereocenters. The lowest BCUT2D eigenvalue weighted by Gasteiger charge is -2.19. The zero-order valence-electron chi connectivity index (χ0n) is 12.7. The predicted molar refractivity (Wildman–Crippen MR) is 86.5 cm³/mol. The molecule has 106 valence electrons. The summed E-state index contributed by atoms with van der Waals surface area (Å²) in [5.74, 6) is 0. The van der Waals surface area contributed by atoms with Crippen LogP contribution in [-0.4, -0.2) is 12.0 Å². The zero-order valence-corrected chi connectivity index (χ0v) is 13.5. The van der Waals surface area contributed by atoms with Gasteiger partial charge in [-0.15, -0.1) is 11.3 Å². The largest absolute Gasteiger partial charge is 0.312 e. The number of nitrogens with one attached hydrogen (secondary N) is 1. The highest BCUT2D eigenvalue weighted by atomic mass is 32.1. The summed E-state index contributed by atoms with van der Waals surface area (Å²) in [5.41, 5.74) is 6.64. The summed E-state index contributed by atoms with van der Waals surface area (Å²) in [5, 5.41) is 4.60. The molecule has 0 aliphatic heterocycles. The van der Waals surface area contributed by atoms with Crippen molar-refractivity contribution in [2.24, 2.45) is 0 Å². The van der Waals surface area contributed by atoms with Gasteiger partial charge in [0.25, 0.3) is 0 Å². The first kappa shape index (κ1) is 13.8. The molecule has 1 aromatic heterocycles. The number of fused-ring (bicyclic) bond motifs is 1. The highest BCUT2D eigenvalue weighted by molar-refractivity contribution is 7.15. The number of hydrogen-bond donors (Lipinski definition) is 1. The zero-order chi connectivity index (χ0) is 14.3. The minimum atomic E-state index is 0.440. The molecule has 1 N–H and O–H groups in total. The number of aromatic nitrogens is 1. The summed E-state index contributed by atoms with van der Waals surface area (Å²) in [6, 6.07) is 5.01. The summed E-state index contributed by atoms with van der Waals surface area (Å²) in [4.78, 5) is 6.44. The molecule has 1 atom stereocenters. The number of aryl methyl sites for hydroxylation is 4. The molecule has 1 heterocycles. The van der Waals surface area contributed by atoms with E-state index >= 15 is 0 Å². The van der Waals surface area contributed by atoms with Gasteiger partial charge in [0.05, 0.1) is 11.7 Å². The molecule has 0 saturated carbocycles. The molecular weight excluding hydrogens is 264 g/mol. The standard InChI is InChI=1S/C17H22N2S/c1-10-8-12(3)13(9-11(10)2)17-19-16-14(18-4)6-5-7-15(16)20-17/h8-9,14,18H,5-7H2,1-4H3. The van der Waals surface area contributed by atoms with Gasteiger partial charge in [-0.3, -0.25) is 0 Å². The first-order valence-electron chi connectivity index (χ1n) is 7.35. The van der Waals surface area contributed by atoms with E-state index < -0.39 is 0 Å². The van der Waals surface area contributed by atoms with Crippen molar-refractivity contribution in [3.63, 3.8) is 0 Å². The lowest BCUT2D eigenvalue weighted by atomic mass is 9.97. The second-order valence-electron chi connectivity index (χ2n) is 5.81. The Kier molecular flexibility index (Phi) is 3.65. The van der Waals surface area contributed by atoms with E-state index in [1.807, 2.05) is 18.4 Å². The molecule has 0 amide bonds. The summed E-state index contributed by atoms with van der Waals surface area (Å²) >= 11 is 1.89. The summed E-state index contributed by atoms with van der Waals surface area (Å²) in [6.45, 7) is 6.55. The summed E-state index contributed by atoms with van der Waals surface area (Å²) < 4.78 is 0. The van der Waals surface area contributed by atoms with E-state index in [1.54, 1.807) is 0 Å². The van der Waals surface area contributed by atoms with Crippen LogP contribution >= 0.6 is 11.3 Å². The Hall–Kier alpha value is -1.19. The molecule has 0 spiro atoms. The van der Waals surface area contributed by atoms with Crippen molar-refractivity contribution in [3.05, 3.63) is 39.4 Å². The maximum absolute atomic E-state index is 4.96. The second kappa shape index (κ2) is 5.30. The van der Waals surface area contributed by atoms with Gasteiger partial charge < -0.3 is 5.32 Å². The highest BCUT2D eigenvalue weighted by Crippen LogP contribution is 2.38. The van der Waals surface area contributed by atoms with Crippen LogP contribution in [0.4, 0.5) is 0 Å². The minimum absolute atomic E-state index is 0.440. The van der Waals surface area contributed by atoms with Crippen molar-refractivity contribution in [2.45, 2.75) is 46.1 Å². The third-order valence-electron chi connectivity index (χ3n) is 4.37. The average molecular weight is 286 g/mol. The fourth-order valence-electron chi connectivity index (χ4n) is 3.01. The lowest BCUT2D eigenvalue weighted by molar-refractivity contribution is 0.490. The molecule has 2 nitrogen and oxygen atoms in total. The molecule has 1 aromatic carbocycles. The maximum atomic E-state index is 4.96. The predicted octanol–water partition coefficient (Wildman–Crippen LogP) is 4.33. The molecule has 2 aromatic rings. The maximum Gasteiger partial charge on any atom is 0.124 e. The van der Waals surface area contributed by atoms with Crippen LogP contribution in [0.1, 0.15) is 46.1 Å².